The smallest absolute Gasteiger partial charge is 0.222 e. The third-order valence-corrected chi connectivity index (χ3v) is 3.47. The first kappa shape index (κ1) is 12.0. The summed E-state index contributed by atoms with van der Waals surface area (Å²) in [5, 5.41) is 3.27. The van der Waals surface area contributed by atoms with Gasteiger partial charge in [0.2, 0.25) is 5.91 Å². The lowest BCUT2D eigenvalue weighted by Gasteiger charge is -2.31. The first-order chi connectivity index (χ1) is 8.11. The Hall–Kier alpha value is -1.42. The second kappa shape index (κ2) is 4.84. The summed E-state index contributed by atoms with van der Waals surface area (Å²) in [6, 6.07) is 4.81. The lowest BCUT2D eigenvalue weighted by atomic mass is 9.84. The van der Waals surface area contributed by atoms with E-state index in [9.17, 15) is 9.18 Å². The Labute approximate surface area is 100 Å². The van der Waals surface area contributed by atoms with Crippen LogP contribution >= 0.6 is 0 Å². The van der Waals surface area contributed by atoms with Crippen LogP contribution in [-0.4, -0.2) is 12.5 Å². The third-order valence-electron chi connectivity index (χ3n) is 3.47. The number of hydrogen-bond donors (Lipinski definition) is 2. The minimum Gasteiger partial charge on any atom is -0.369 e. The maximum atomic E-state index is 13.5. The van der Waals surface area contributed by atoms with Gasteiger partial charge in [0.05, 0.1) is 5.92 Å². The molecule has 0 aliphatic carbocycles. The number of nitrogens with one attached hydrogen (secondary N) is 1. The summed E-state index contributed by atoms with van der Waals surface area (Å²) < 4.78 is 13.5. The molecule has 0 radical (unpaired) electrons. The second-order valence-corrected chi connectivity index (χ2v) is 4.54. The van der Waals surface area contributed by atoms with Gasteiger partial charge < -0.3 is 11.1 Å². The number of primary amides is 1. The van der Waals surface area contributed by atoms with Gasteiger partial charge in [-0.3, -0.25) is 4.79 Å². The van der Waals surface area contributed by atoms with E-state index in [-0.39, 0.29) is 23.7 Å². The van der Waals surface area contributed by atoms with Gasteiger partial charge >= 0.3 is 0 Å². The Balaban J connectivity index is 2.36. The molecule has 1 fully saturated rings. The summed E-state index contributed by atoms with van der Waals surface area (Å²) >= 11 is 0. The summed E-state index contributed by atoms with van der Waals surface area (Å²) in [5.74, 6) is -0.798. The molecule has 92 valence electrons. The van der Waals surface area contributed by atoms with Crippen LogP contribution in [0.5, 0.6) is 0 Å². The third kappa shape index (κ3) is 2.31. The molecule has 1 heterocycles. The molecule has 3 N–H and O–H groups in total. The highest BCUT2D eigenvalue weighted by Crippen LogP contribution is 2.31. The minimum atomic E-state index is -0.314. The zero-order chi connectivity index (χ0) is 12.4. The maximum Gasteiger partial charge on any atom is 0.222 e. The molecule has 0 bridgehead atoms. The highest BCUT2D eigenvalue weighted by Gasteiger charge is 2.31. The molecule has 1 amide bonds. The van der Waals surface area contributed by atoms with Gasteiger partial charge in [0.15, 0.2) is 0 Å². The zero-order valence-corrected chi connectivity index (χ0v) is 9.87. The van der Waals surface area contributed by atoms with Crippen LogP contribution in [0.3, 0.4) is 0 Å². The molecule has 4 heteroatoms. The van der Waals surface area contributed by atoms with Gasteiger partial charge in [-0.05, 0) is 43.5 Å². The number of carbonyl (C=O) groups excluding carboxylic acids is 1. The molecule has 17 heavy (non-hydrogen) atoms. The number of piperidine rings is 1. The normalized spacial score (nSPS) is 24.6. The Bertz CT molecular complexity index is 433. The summed E-state index contributed by atoms with van der Waals surface area (Å²) in [5.41, 5.74) is 6.85. The van der Waals surface area contributed by atoms with E-state index in [1.54, 1.807) is 13.0 Å². The van der Waals surface area contributed by atoms with Gasteiger partial charge in [-0.15, -0.1) is 0 Å². The molecule has 3 nitrogen and oxygen atoms in total. The van der Waals surface area contributed by atoms with Crippen LogP contribution in [0, 0.1) is 18.7 Å². The van der Waals surface area contributed by atoms with Crippen LogP contribution < -0.4 is 11.1 Å². The van der Waals surface area contributed by atoms with Crippen molar-refractivity contribution < 1.29 is 9.18 Å². The van der Waals surface area contributed by atoms with Crippen molar-refractivity contribution in [1.82, 2.24) is 5.32 Å². The van der Waals surface area contributed by atoms with Crippen LogP contribution in [-0.2, 0) is 4.79 Å². The Morgan fingerprint density at radius 2 is 2.29 bits per heavy atom. The fraction of sp³-hybridized carbons (Fsp3) is 0.462. The standard InChI is InChI=1S/C13H17FN2O/c1-8-9(4-2-6-11(8)14)12-10(13(15)17)5-3-7-16-12/h2,4,6,10,12,16H,3,5,7H2,1H3,(H2,15,17). The molecule has 2 atom stereocenters. The van der Waals surface area contributed by atoms with E-state index in [0.29, 0.717) is 5.56 Å². The van der Waals surface area contributed by atoms with Crippen LogP contribution in [0.4, 0.5) is 4.39 Å². The number of rotatable bonds is 2. The van der Waals surface area contributed by atoms with Crippen molar-refractivity contribution in [2.24, 2.45) is 11.7 Å². The molecule has 2 unspecified atom stereocenters. The predicted octanol–water partition coefficient (Wildman–Crippen LogP) is 1.66. The largest absolute Gasteiger partial charge is 0.369 e. The number of benzene rings is 1. The summed E-state index contributed by atoms with van der Waals surface area (Å²) in [4.78, 5) is 11.4. The fourth-order valence-electron chi connectivity index (χ4n) is 2.48. The first-order valence-corrected chi connectivity index (χ1v) is 5.89. The van der Waals surface area contributed by atoms with E-state index in [2.05, 4.69) is 5.32 Å². The van der Waals surface area contributed by atoms with Crippen molar-refractivity contribution in [2.45, 2.75) is 25.8 Å². The topological polar surface area (TPSA) is 55.1 Å². The lowest BCUT2D eigenvalue weighted by Crippen LogP contribution is -2.41. The van der Waals surface area contributed by atoms with Crippen molar-refractivity contribution in [3.8, 4) is 0 Å². The predicted molar refractivity (Wildman–Crippen MR) is 63.8 cm³/mol. The van der Waals surface area contributed by atoms with Gasteiger partial charge in [-0.2, -0.15) is 0 Å². The zero-order valence-electron chi connectivity index (χ0n) is 9.87. The summed E-state index contributed by atoms with van der Waals surface area (Å²) in [7, 11) is 0. The fourth-order valence-corrected chi connectivity index (χ4v) is 2.48. The van der Waals surface area contributed by atoms with Gasteiger partial charge in [0.25, 0.3) is 0 Å². The van der Waals surface area contributed by atoms with E-state index >= 15 is 0 Å². The van der Waals surface area contributed by atoms with Crippen molar-refractivity contribution in [3.05, 3.63) is 35.1 Å². The number of hydrogen-bond acceptors (Lipinski definition) is 2. The van der Waals surface area contributed by atoms with E-state index in [0.717, 1.165) is 24.9 Å². The van der Waals surface area contributed by atoms with Crippen LogP contribution in [0.25, 0.3) is 0 Å². The van der Waals surface area contributed by atoms with E-state index in [1.165, 1.54) is 6.07 Å². The highest BCUT2D eigenvalue weighted by atomic mass is 19.1. The molecular formula is C13H17FN2O. The molecule has 1 saturated heterocycles. The number of halogens is 1. The van der Waals surface area contributed by atoms with E-state index < -0.39 is 0 Å². The molecule has 0 aromatic heterocycles. The number of amides is 1. The van der Waals surface area contributed by atoms with Gasteiger partial charge in [0.1, 0.15) is 5.82 Å². The molecule has 1 aliphatic rings. The van der Waals surface area contributed by atoms with E-state index in [1.807, 2.05) is 6.07 Å². The molecular weight excluding hydrogens is 219 g/mol. The Morgan fingerprint density at radius 3 is 3.00 bits per heavy atom. The van der Waals surface area contributed by atoms with Crippen molar-refractivity contribution in [2.75, 3.05) is 6.54 Å². The molecule has 1 aliphatic heterocycles. The van der Waals surface area contributed by atoms with Crippen molar-refractivity contribution in [1.29, 1.82) is 0 Å². The Morgan fingerprint density at radius 1 is 1.53 bits per heavy atom. The van der Waals surface area contributed by atoms with Gasteiger partial charge in [-0.1, -0.05) is 12.1 Å². The SMILES string of the molecule is Cc1c(F)cccc1C1NCCCC1C(N)=O. The van der Waals surface area contributed by atoms with Crippen LogP contribution in [0.1, 0.15) is 30.0 Å². The average Bonchev–Trinajstić information content (AvgIpc) is 2.33. The molecule has 0 spiro atoms. The Kier molecular flexibility index (Phi) is 3.43. The van der Waals surface area contributed by atoms with Gasteiger partial charge in [0, 0.05) is 6.04 Å². The highest BCUT2D eigenvalue weighted by molar-refractivity contribution is 5.78. The molecule has 0 saturated carbocycles. The summed E-state index contributed by atoms with van der Waals surface area (Å²) in [6.07, 6.45) is 1.70. The van der Waals surface area contributed by atoms with Crippen molar-refractivity contribution >= 4 is 5.91 Å². The number of nitrogens with two attached hydrogens (primary N) is 1. The molecule has 2 rings (SSSR count). The molecule has 1 aromatic rings. The molecule has 1 aromatic carbocycles. The monoisotopic (exact) mass is 236 g/mol. The first-order valence-electron chi connectivity index (χ1n) is 5.89. The van der Waals surface area contributed by atoms with Crippen molar-refractivity contribution in [3.63, 3.8) is 0 Å². The van der Waals surface area contributed by atoms with Crippen LogP contribution in [0.2, 0.25) is 0 Å². The quantitative estimate of drug-likeness (QED) is 0.820. The summed E-state index contributed by atoms with van der Waals surface area (Å²) in [6.45, 7) is 2.57. The van der Waals surface area contributed by atoms with Gasteiger partial charge in [-0.25, -0.2) is 4.39 Å². The lowest BCUT2D eigenvalue weighted by molar-refractivity contribution is -0.123. The second-order valence-electron chi connectivity index (χ2n) is 4.54. The van der Waals surface area contributed by atoms with E-state index in [4.69, 9.17) is 5.73 Å². The minimum absolute atomic E-state index is 0.156. The number of carbonyl (C=O) groups is 1. The maximum absolute atomic E-state index is 13.5. The van der Waals surface area contributed by atoms with Crippen LogP contribution in [0.15, 0.2) is 18.2 Å². The average molecular weight is 236 g/mol.